The van der Waals surface area contributed by atoms with E-state index in [-0.39, 0.29) is 0 Å². The van der Waals surface area contributed by atoms with Gasteiger partial charge in [-0.15, -0.1) is 0 Å². The largest absolute Gasteiger partial charge is 0.313 e. The topological polar surface area (TPSA) is 15.3 Å². The first-order chi connectivity index (χ1) is 10.2. The fourth-order valence-electron chi connectivity index (χ4n) is 6.83. The van der Waals surface area contributed by atoms with Crippen LogP contribution in [0.15, 0.2) is 0 Å². The van der Waals surface area contributed by atoms with Gasteiger partial charge in [-0.25, -0.2) is 0 Å². The zero-order chi connectivity index (χ0) is 14.4. The van der Waals surface area contributed by atoms with Crippen molar-refractivity contribution in [1.29, 1.82) is 0 Å². The van der Waals surface area contributed by atoms with Crippen LogP contribution in [-0.4, -0.2) is 36.6 Å². The molecule has 21 heavy (non-hydrogen) atoms. The van der Waals surface area contributed by atoms with Gasteiger partial charge >= 0.3 is 0 Å². The molecule has 5 aliphatic rings. The van der Waals surface area contributed by atoms with Crippen molar-refractivity contribution in [2.24, 2.45) is 23.2 Å². The average molecular weight is 290 g/mol. The van der Waals surface area contributed by atoms with Gasteiger partial charge in [0.2, 0.25) is 0 Å². The van der Waals surface area contributed by atoms with Gasteiger partial charge in [0, 0.05) is 18.6 Å². The summed E-state index contributed by atoms with van der Waals surface area (Å²) < 4.78 is 0. The van der Waals surface area contributed by atoms with Crippen LogP contribution >= 0.6 is 0 Å². The number of nitrogens with zero attached hydrogens (tertiary/aromatic N) is 1. The van der Waals surface area contributed by atoms with Crippen LogP contribution in [0.25, 0.3) is 0 Å². The molecule has 0 aromatic carbocycles. The van der Waals surface area contributed by atoms with Crippen molar-refractivity contribution < 1.29 is 0 Å². The SMILES string of the molecule is CCN(CC1CCCN1)C(C)C12CC3CC(CC(C3)C1)C2. The van der Waals surface area contributed by atoms with Crippen LogP contribution in [0.3, 0.4) is 0 Å². The Bertz CT molecular complexity index is 336. The Balaban J connectivity index is 1.48. The average Bonchev–Trinajstić information content (AvgIpc) is 2.95. The Morgan fingerprint density at radius 1 is 1.10 bits per heavy atom. The minimum Gasteiger partial charge on any atom is -0.313 e. The first kappa shape index (κ1) is 14.5. The van der Waals surface area contributed by atoms with Crippen molar-refractivity contribution in [3.05, 3.63) is 0 Å². The fraction of sp³-hybridized carbons (Fsp3) is 1.00. The molecule has 5 fully saturated rings. The van der Waals surface area contributed by atoms with E-state index in [9.17, 15) is 0 Å². The molecule has 0 radical (unpaired) electrons. The van der Waals surface area contributed by atoms with E-state index in [2.05, 4.69) is 24.1 Å². The number of nitrogens with one attached hydrogen (secondary N) is 1. The Labute approximate surface area is 131 Å². The minimum atomic E-state index is 0.684. The third-order valence-electron chi connectivity index (χ3n) is 7.54. The van der Waals surface area contributed by atoms with Crippen LogP contribution in [-0.2, 0) is 0 Å². The van der Waals surface area contributed by atoms with Gasteiger partial charge < -0.3 is 5.32 Å². The molecule has 0 aromatic rings. The summed E-state index contributed by atoms with van der Waals surface area (Å²) in [7, 11) is 0. The van der Waals surface area contributed by atoms with Crippen LogP contribution in [0.4, 0.5) is 0 Å². The molecular formula is C19H34N2. The van der Waals surface area contributed by atoms with E-state index in [4.69, 9.17) is 0 Å². The second kappa shape index (κ2) is 5.53. The fourth-order valence-corrected chi connectivity index (χ4v) is 6.83. The molecule has 0 amide bonds. The first-order valence-corrected chi connectivity index (χ1v) is 9.66. The number of hydrogen-bond donors (Lipinski definition) is 1. The van der Waals surface area contributed by atoms with Crippen molar-refractivity contribution in [2.45, 2.75) is 77.3 Å². The molecule has 0 spiro atoms. The molecule has 4 bridgehead atoms. The molecule has 2 atom stereocenters. The zero-order valence-electron chi connectivity index (χ0n) is 14.1. The van der Waals surface area contributed by atoms with Gasteiger partial charge in [-0.3, -0.25) is 4.90 Å². The van der Waals surface area contributed by atoms with Gasteiger partial charge in [0.15, 0.2) is 0 Å². The Morgan fingerprint density at radius 3 is 2.19 bits per heavy atom. The third-order valence-corrected chi connectivity index (χ3v) is 7.54. The van der Waals surface area contributed by atoms with Gasteiger partial charge in [-0.1, -0.05) is 6.92 Å². The molecule has 4 aliphatic carbocycles. The Hall–Kier alpha value is -0.0800. The van der Waals surface area contributed by atoms with Gasteiger partial charge in [-0.05, 0) is 94.5 Å². The molecular weight excluding hydrogens is 256 g/mol. The number of hydrogen-bond acceptors (Lipinski definition) is 2. The van der Waals surface area contributed by atoms with E-state index in [0.717, 1.165) is 29.8 Å². The molecule has 5 rings (SSSR count). The molecule has 2 heteroatoms. The maximum absolute atomic E-state index is 3.71. The van der Waals surface area contributed by atoms with E-state index in [1.807, 2.05) is 0 Å². The van der Waals surface area contributed by atoms with Crippen LogP contribution in [0.2, 0.25) is 0 Å². The van der Waals surface area contributed by atoms with Crippen molar-refractivity contribution in [1.82, 2.24) is 10.2 Å². The lowest BCUT2D eigenvalue weighted by atomic mass is 9.47. The predicted octanol–water partition coefficient (Wildman–Crippen LogP) is 3.67. The first-order valence-electron chi connectivity index (χ1n) is 9.66. The van der Waals surface area contributed by atoms with E-state index in [1.54, 1.807) is 38.5 Å². The molecule has 1 aliphatic heterocycles. The second-order valence-electron chi connectivity index (χ2n) is 8.84. The van der Waals surface area contributed by atoms with Crippen LogP contribution in [0.5, 0.6) is 0 Å². The monoisotopic (exact) mass is 290 g/mol. The van der Waals surface area contributed by atoms with E-state index in [1.165, 1.54) is 32.5 Å². The number of rotatable bonds is 5. The van der Waals surface area contributed by atoms with Crippen molar-refractivity contribution in [2.75, 3.05) is 19.6 Å². The van der Waals surface area contributed by atoms with Crippen LogP contribution in [0.1, 0.15) is 65.2 Å². The Morgan fingerprint density at radius 2 is 1.71 bits per heavy atom. The van der Waals surface area contributed by atoms with Gasteiger partial charge in [-0.2, -0.15) is 0 Å². The quantitative estimate of drug-likeness (QED) is 0.831. The van der Waals surface area contributed by atoms with Gasteiger partial charge in [0.1, 0.15) is 0 Å². The maximum atomic E-state index is 3.71. The molecule has 0 aromatic heterocycles. The van der Waals surface area contributed by atoms with Crippen LogP contribution in [0, 0.1) is 23.2 Å². The van der Waals surface area contributed by atoms with Crippen molar-refractivity contribution in [3.8, 4) is 0 Å². The lowest BCUT2D eigenvalue weighted by molar-refractivity contribution is -0.0967. The highest BCUT2D eigenvalue weighted by molar-refractivity contribution is 5.05. The molecule has 1 N–H and O–H groups in total. The van der Waals surface area contributed by atoms with E-state index >= 15 is 0 Å². The number of likely N-dealkylation sites (N-methyl/N-ethyl adjacent to an activating group) is 1. The lowest BCUT2D eigenvalue weighted by Gasteiger charge is -2.60. The summed E-state index contributed by atoms with van der Waals surface area (Å²) in [6.45, 7) is 8.73. The zero-order valence-corrected chi connectivity index (χ0v) is 14.1. The molecule has 2 nitrogen and oxygen atoms in total. The summed E-state index contributed by atoms with van der Waals surface area (Å²) in [5.41, 5.74) is 0.684. The van der Waals surface area contributed by atoms with E-state index < -0.39 is 0 Å². The summed E-state index contributed by atoms with van der Waals surface area (Å²) in [4.78, 5) is 2.83. The molecule has 1 heterocycles. The third kappa shape index (κ3) is 2.57. The molecule has 4 saturated carbocycles. The predicted molar refractivity (Wildman–Crippen MR) is 88.3 cm³/mol. The maximum Gasteiger partial charge on any atom is 0.0195 e. The molecule has 120 valence electrons. The summed E-state index contributed by atoms with van der Waals surface area (Å²) in [6.07, 6.45) is 12.1. The highest BCUT2D eigenvalue weighted by Gasteiger charge is 2.54. The lowest BCUT2D eigenvalue weighted by Crippen LogP contribution is -2.57. The summed E-state index contributed by atoms with van der Waals surface area (Å²) in [5, 5.41) is 3.71. The smallest absolute Gasteiger partial charge is 0.0195 e. The summed E-state index contributed by atoms with van der Waals surface area (Å²) in [6, 6.07) is 1.57. The van der Waals surface area contributed by atoms with Crippen molar-refractivity contribution >= 4 is 0 Å². The standard InChI is InChI=1S/C19H34N2/c1-3-21(13-18-5-4-6-20-18)14(2)19-10-15-7-16(11-19)9-17(8-15)12-19/h14-18,20H,3-13H2,1-2H3. The highest BCUT2D eigenvalue weighted by atomic mass is 15.2. The second-order valence-corrected chi connectivity index (χ2v) is 8.84. The normalized spacial score (nSPS) is 46.4. The van der Waals surface area contributed by atoms with Gasteiger partial charge in [0.25, 0.3) is 0 Å². The van der Waals surface area contributed by atoms with Crippen molar-refractivity contribution in [3.63, 3.8) is 0 Å². The van der Waals surface area contributed by atoms with Crippen LogP contribution < -0.4 is 5.32 Å². The molecule has 1 saturated heterocycles. The van der Waals surface area contributed by atoms with Gasteiger partial charge in [0.05, 0.1) is 0 Å². The summed E-state index contributed by atoms with van der Waals surface area (Å²) >= 11 is 0. The highest BCUT2D eigenvalue weighted by Crippen LogP contribution is 2.61. The molecule has 2 unspecified atom stereocenters. The summed E-state index contributed by atoms with van der Waals surface area (Å²) in [5.74, 6) is 3.26. The minimum absolute atomic E-state index is 0.684. The van der Waals surface area contributed by atoms with E-state index in [0.29, 0.717) is 5.41 Å². The Kier molecular flexibility index (Phi) is 3.82.